The molecule has 0 amide bonds. The average Bonchev–Trinajstić information content (AvgIpc) is 2.15. The van der Waals surface area contributed by atoms with Crippen LogP contribution < -0.4 is 11.1 Å². The zero-order chi connectivity index (χ0) is 9.68. The van der Waals surface area contributed by atoms with Gasteiger partial charge in [0.15, 0.2) is 0 Å². The zero-order valence-corrected chi connectivity index (χ0v) is 7.62. The van der Waals surface area contributed by atoms with E-state index in [2.05, 4.69) is 5.32 Å². The maximum atomic E-state index is 8.96. The van der Waals surface area contributed by atoms with Crippen molar-refractivity contribution >= 4 is 5.69 Å². The fourth-order valence-electron chi connectivity index (χ4n) is 0.959. The van der Waals surface area contributed by atoms with Crippen molar-refractivity contribution in [2.75, 3.05) is 11.9 Å². The number of nitrogens with two attached hydrogens (primary N) is 1. The molecule has 1 aromatic rings. The van der Waals surface area contributed by atoms with Gasteiger partial charge in [-0.1, -0.05) is 18.2 Å². The Morgan fingerprint density at radius 2 is 2.00 bits per heavy atom. The quantitative estimate of drug-likeness (QED) is 0.653. The van der Waals surface area contributed by atoms with E-state index in [4.69, 9.17) is 10.8 Å². The van der Waals surface area contributed by atoms with Crippen LogP contribution in [0.4, 0.5) is 5.69 Å². The Morgan fingerprint density at radius 1 is 1.38 bits per heavy atom. The third-order valence-electron chi connectivity index (χ3n) is 1.70. The first kappa shape index (κ1) is 9.61. The molecule has 0 bridgehead atoms. The smallest absolute Gasteiger partial charge is 0.0848 e. The molecule has 0 radical (unpaired) electrons. The molecule has 0 atom stereocenters. The molecule has 0 heterocycles. The van der Waals surface area contributed by atoms with Gasteiger partial charge in [-0.25, -0.2) is 0 Å². The highest BCUT2D eigenvalue weighted by atomic mass is 16.3. The summed E-state index contributed by atoms with van der Waals surface area (Å²) in [4.78, 5) is 0. The lowest BCUT2D eigenvalue weighted by atomic mass is 10.3. The Bertz CT molecular complexity index is 289. The van der Waals surface area contributed by atoms with Crippen LogP contribution in [-0.2, 0) is 0 Å². The third kappa shape index (κ3) is 2.80. The molecule has 0 saturated carbocycles. The van der Waals surface area contributed by atoms with E-state index in [1.54, 1.807) is 6.92 Å². The fraction of sp³-hybridized carbons (Fsp3) is 0.200. The summed E-state index contributed by atoms with van der Waals surface area (Å²) in [5, 5.41) is 12.0. The van der Waals surface area contributed by atoms with E-state index in [0.29, 0.717) is 11.4 Å². The third-order valence-corrected chi connectivity index (χ3v) is 1.70. The van der Waals surface area contributed by atoms with E-state index in [0.717, 1.165) is 5.69 Å². The molecule has 1 aromatic carbocycles. The van der Waals surface area contributed by atoms with E-state index in [9.17, 15) is 0 Å². The van der Waals surface area contributed by atoms with Gasteiger partial charge < -0.3 is 16.2 Å². The van der Waals surface area contributed by atoms with Crippen LogP contribution in [0.25, 0.3) is 0 Å². The highest BCUT2D eigenvalue weighted by Gasteiger charge is 1.97. The van der Waals surface area contributed by atoms with E-state index in [-0.39, 0.29) is 6.61 Å². The maximum absolute atomic E-state index is 8.96. The second kappa shape index (κ2) is 4.52. The topological polar surface area (TPSA) is 58.3 Å². The van der Waals surface area contributed by atoms with Gasteiger partial charge in [-0.05, 0) is 19.1 Å². The van der Waals surface area contributed by atoms with Crippen molar-refractivity contribution in [1.82, 2.24) is 0 Å². The van der Waals surface area contributed by atoms with E-state index in [1.165, 1.54) is 0 Å². The molecule has 0 aliphatic rings. The molecule has 0 aromatic heterocycles. The van der Waals surface area contributed by atoms with Crippen LogP contribution in [0.5, 0.6) is 0 Å². The van der Waals surface area contributed by atoms with Crippen molar-refractivity contribution in [3.05, 3.63) is 41.7 Å². The minimum Gasteiger partial charge on any atom is -0.401 e. The highest BCUT2D eigenvalue weighted by molar-refractivity contribution is 5.48. The zero-order valence-electron chi connectivity index (χ0n) is 7.62. The van der Waals surface area contributed by atoms with Gasteiger partial charge in [0.1, 0.15) is 0 Å². The number of hydrogen-bond donors (Lipinski definition) is 3. The number of anilines is 1. The Morgan fingerprint density at radius 3 is 2.46 bits per heavy atom. The monoisotopic (exact) mass is 178 g/mol. The summed E-state index contributed by atoms with van der Waals surface area (Å²) in [6, 6.07) is 9.60. The number of aliphatic hydroxyl groups excluding tert-OH is 1. The second-order valence-electron chi connectivity index (χ2n) is 2.81. The summed E-state index contributed by atoms with van der Waals surface area (Å²) in [7, 11) is 0. The van der Waals surface area contributed by atoms with Crippen molar-refractivity contribution in [3.8, 4) is 0 Å². The molecule has 0 fully saturated rings. The molecule has 13 heavy (non-hydrogen) atoms. The summed E-state index contributed by atoms with van der Waals surface area (Å²) in [5.74, 6) is 0. The average molecular weight is 178 g/mol. The van der Waals surface area contributed by atoms with Crippen molar-refractivity contribution in [1.29, 1.82) is 0 Å². The molecule has 70 valence electrons. The highest BCUT2D eigenvalue weighted by Crippen LogP contribution is 2.09. The van der Waals surface area contributed by atoms with Crippen LogP contribution in [0.1, 0.15) is 6.92 Å². The number of hydrogen-bond acceptors (Lipinski definition) is 3. The van der Waals surface area contributed by atoms with Crippen LogP contribution in [-0.4, -0.2) is 11.7 Å². The van der Waals surface area contributed by atoms with Crippen LogP contribution in [0.2, 0.25) is 0 Å². The Balaban J connectivity index is 2.74. The lowest BCUT2D eigenvalue weighted by Crippen LogP contribution is -2.10. The number of allylic oxidation sites excluding steroid dienone is 1. The van der Waals surface area contributed by atoms with E-state index >= 15 is 0 Å². The van der Waals surface area contributed by atoms with Gasteiger partial charge in [0.2, 0.25) is 0 Å². The number of nitrogens with one attached hydrogen (secondary N) is 1. The van der Waals surface area contributed by atoms with Crippen molar-refractivity contribution in [3.63, 3.8) is 0 Å². The summed E-state index contributed by atoms with van der Waals surface area (Å²) < 4.78 is 0. The van der Waals surface area contributed by atoms with E-state index in [1.807, 2.05) is 30.3 Å². The van der Waals surface area contributed by atoms with Crippen LogP contribution in [0.15, 0.2) is 41.7 Å². The van der Waals surface area contributed by atoms with Gasteiger partial charge in [0.05, 0.1) is 12.3 Å². The molecular formula is C10H14N2O. The van der Waals surface area contributed by atoms with Crippen molar-refractivity contribution in [2.24, 2.45) is 5.73 Å². The van der Waals surface area contributed by atoms with E-state index < -0.39 is 0 Å². The minimum atomic E-state index is -0.0722. The van der Waals surface area contributed by atoms with Gasteiger partial charge in [0, 0.05) is 11.4 Å². The van der Waals surface area contributed by atoms with Gasteiger partial charge in [-0.15, -0.1) is 0 Å². The predicted molar refractivity (Wildman–Crippen MR) is 54.0 cm³/mol. The molecule has 3 heteroatoms. The van der Waals surface area contributed by atoms with Crippen LogP contribution >= 0.6 is 0 Å². The lowest BCUT2D eigenvalue weighted by Gasteiger charge is -2.09. The molecule has 4 N–H and O–H groups in total. The first-order valence-corrected chi connectivity index (χ1v) is 4.12. The summed E-state index contributed by atoms with van der Waals surface area (Å²) in [6.07, 6.45) is 0. The van der Waals surface area contributed by atoms with Crippen LogP contribution in [0, 0.1) is 0 Å². The molecular weight excluding hydrogens is 164 g/mol. The van der Waals surface area contributed by atoms with Gasteiger partial charge >= 0.3 is 0 Å². The second-order valence-corrected chi connectivity index (χ2v) is 2.81. The maximum Gasteiger partial charge on any atom is 0.0848 e. The molecule has 0 saturated heterocycles. The number of rotatable bonds is 3. The number of benzene rings is 1. The lowest BCUT2D eigenvalue weighted by molar-refractivity contribution is 0.331. The number of aliphatic hydroxyl groups is 1. The van der Waals surface area contributed by atoms with Gasteiger partial charge in [-0.3, -0.25) is 0 Å². The molecule has 0 spiro atoms. The van der Waals surface area contributed by atoms with Gasteiger partial charge in [-0.2, -0.15) is 0 Å². The Hall–Kier alpha value is -1.48. The normalized spacial score (nSPS) is 12.2. The first-order valence-electron chi connectivity index (χ1n) is 4.12. The molecule has 3 nitrogen and oxygen atoms in total. The standard InChI is InChI=1S/C10H14N2O/c1-8(11)10(7-13)12-9-5-3-2-4-6-9/h2-6,12-13H,7,11H2,1H3/b10-8-. The van der Waals surface area contributed by atoms with Crippen LogP contribution in [0.3, 0.4) is 0 Å². The summed E-state index contributed by atoms with van der Waals surface area (Å²) >= 11 is 0. The molecule has 1 rings (SSSR count). The predicted octanol–water partition coefficient (Wildman–Crippen LogP) is 1.28. The molecule has 0 aliphatic heterocycles. The Labute approximate surface area is 77.9 Å². The van der Waals surface area contributed by atoms with Crippen molar-refractivity contribution in [2.45, 2.75) is 6.92 Å². The summed E-state index contributed by atoms with van der Waals surface area (Å²) in [6.45, 7) is 1.68. The molecule has 0 aliphatic carbocycles. The Kier molecular flexibility index (Phi) is 3.34. The van der Waals surface area contributed by atoms with Crippen molar-refractivity contribution < 1.29 is 5.11 Å². The largest absolute Gasteiger partial charge is 0.401 e. The van der Waals surface area contributed by atoms with Gasteiger partial charge in [0.25, 0.3) is 0 Å². The minimum absolute atomic E-state index is 0.0722. The number of para-hydroxylation sites is 1. The summed E-state index contributed by atoms with van der Waals surface area (Å²) in [5.41, 5.74) is 7.73. The SMILES string of the molecule is C/C(N)=C(\CO)Nc1ccccc1. The molecule has 0 unspecified atom stereocenters. The first-order chi connectivity index (χ1) is 6.24. The fourth-order valence-corrected chi connectivity index (χ4v) is 0.959.